The lowest BCUT2D eigenvalue weighted by molar-refractivity contribution is -0.384. The Balaban J connectivity index is 1.99. The second kappa shape index (κ2) is 6.29. The lowest BCUT2D eigenvalue weighted by atomic mass is 10.1. The predicted octanol–water partition coefficient (Wildman–Crippen LogP) is 4.68. The Morgan fingerprint density at radius 2 is 1.75 bits per heavy atom. The van der Waals surface area contributed by atoms with E-state index in [0.29, 0.717) is 5.69 Å². The number of nitro benzene ring substituents is 1. The highest BCUT2D eigenvalue weighted by Crippen LogP contribution is 2.27. The third kappa shape index (κ3) is 2.94. The zero-order valence-electron chi connectivity index (χ0n) is 12.8. The van der Waals surface area contributed by atoms with Gasteiger partial charge in [0.05, 0.1) is 15.5 Å². The van der Waals surface area contributed by atoms with Gasteiger partial charge in [0.1, 0.15) is 0 Å². The predicted molar refractivity (Wildman–Crippen MR) is 94.8 cm³/mol. The molecule has 0 fully saturated rings. The molecule has 0 aromatic heterocycles. The molecule has 0 radical (unpaired) electrons. The average Bonchev–Trinajstić information content (AvgIpc) is 2.60. The van der Waals surface area contributed by atoms with Gasteiger partial charge in [-0.05, 0) is 29.0 Å². The van der Waals surface area contributed by atoms with E-state index in [9.17, 15) is 14.9 Å². The summed E-state index contributed by atoms with van der Waals surface area (Å²) in [5.41, 5.74) is 0.609. The lowest BCUT2D eigenvalue weighted by Crippen LogP contribution is -2.26. The van der Waals surface area contributed by atoms with Gasteiger partial charge < -0.3 is 4.90 Å². The zero-order valence-corrected chi connectivity index (χ0v) is 13.5. The molecule has 3 aromatic carbocycles. The number of benzene rings is 3. The van der Waals surface area contributed by atoms with Gasteiger partial charge in [0, 0.05) is 24.9 Å². The van der Waals surface area contributed by atoms with E-state index in [1.54, 1.807) is 7.05 Å². The third-order valence-electron chi connectivity index (χ3n) is 3.82. The van der Waals surface area contributed by atoms with Crippen molar-refractivity contribution in [3.05, 3.63) is 81.4 Å². The molecule has 3 rings (SSSR count). The Bertz CT molecular complexity index is 956. The average molecular weight is 341 g/mol. The Morgan fingerprint density at radius 3 is 2.46 bits per heavy atom. The summed E-state index contributed by atoms with van der Waals surface area (Å²) in [5, 5.41) is 13.2. The standard InChI is InChI=1S/C18H13ClN2O3/c1-20(14-7-6-12-4-2-3-5-13(12)10-14)18(22)16-11-15(21(23)24)8-9-17(16)19/h2-11H,1H3. The van der Waals surface area contributed by atoms with Crippen molar-refractivity contribution in [3.63, 3.8) is 0 Å². The molecule has 0 saturated carbocycles. The van der Waals surface area contributed by atoms with Crippen LogP contribution >= 0.6 is 11.6 Å². The fourth-order valence-electron chi connectivity index (χ4n) is 2.47. The number of halogens is 1. The maximum atomic E-state index is 12.7. The Kier molecular flexibility index (Phi) is 4.18. The molecule has 0 aliphatic rings. The number of fused-ring (bicyclic) bond motifs is 1. The molecule has 1 amide bonds. The van der Waals surface area contributed by atoms with Gasteiger partial charge in [-0.1, -0.05) is 41.9 Å². The van der Waals surface area contributed by atoms with Crippen LogP contribution in [0.25, 0.3) is 10.8 Å². The zero-order chi connectivity index (χ0) is 17.3. The minimum absolute atomic E-state index is 0.0986. The highest BCUT2D eigenvalue weighted by molar-refractivity contribution is 6.34. The summed E-state index contributed by atoms with van der Waals surface area (Å²) in [5.74, 6) is -0.404. The minimum atomic E-state index is -0.552. The molecule has 0 aliphatic carbocycles. The SMILES string of the molecule is CN(C(=O)c1cc([N+](=O)[O-])ccc1Cl)c1ccc2ccccc2c1. The van der Waals surface area contributed by atoms with Crippen LogP contribution in [0.1, 0.15) is 10.4 Å². The van der Waals surface area contributed by atoms with E-state index in [2.05, 4.69) is 0 Å². The molecule has 0 N–H and O–H groups in total. The topological polar surface area (TPSA) is 63.5 Å². The first kappa shape index (κ1) is 16.0. The van der Waals surface area contributed by atoms with Crippen LogP contribution < -0.4 is 4.90 Å². The minimum Gasteiger partial charge on any atom is -0.311 e. The van der Waals surface area contributed by atoms with Crippen LogP contribution in [0, 0.1) is 10.1 Å². The molecule has 0 bridgehead atoms. The van der Waals surface area contributed by atoms with Crippen molar-refractivity contribution in [1.82, 2.24) is 0 Å². The van der Waals surface area contributed by atoms with Crippen molar-refractivity contribution in [3.8, 4) is 0 Å². The van der Waals surface area contributed by atoms with Crippen molar-refractivity contribution in [2.45, 2.75) is 0 Å². The van der Waals surface area contributed by atoms with Crippen molar-refractivity contribution in [2.75, 3.05) is 11.9 Å². The second-order valence-electron chi connectivity index (χ2n) is 5.32. The Labute approximate surface area is 143 Å². The summed E-state index contributed by atoms with van der Waals surface area (Å²) < 4.78 is 0. The molecule has 0 atom stereocenters. The number of nitrogens with zero attached hydrogens (tertiary/aromatic N) is 2. The summed E-state index contributed by atoms with van der Waals surface area (Å²) in [6, 6.07) is 17.3. The molecule has 0 saturated heterocycles. The fourth-order valence-corrected chi connectivity index (χ4v) is 2.67. The van der Waals surface area contributed by atoms with Gasteiger partial charge in [-0.15, -0.1) is 0 Å². The van der Waals surface area contributed by atoms with Gasteiger partial charge in [-0.25, -0.2) is 0 Å². The molecular weight excluding hydrogens is 328 g/mol. The Hall–Kier alpha value is -2.92. The summed E-state index contributed by atoms with van der Waals surface area (Å²) in [6.45, 7) is 0. The first-order valence-corrected chi connectivity index (χ1v) is 7.56. The Morgan fingerprint density at radius 1 is 1.04 bits per heavy atom. The molecule has 0 heterocycles. The molecule has 3 aromatic rings. The quantitative estimate of drug-likeness (QED) is 0.513. The smallest absolute Gasteiger partial charge is 0.270 e. The van der Waals surface area contributed by atoms with Crippen LogP contribution in [-0.4, -0.2) is 17.9 Å². The molecule has 0 unspecified atom stereocenters. The van der Waals surface area contributed by atoms with E-state index in [1.807, 2.05) is 42.5 Å². The summed E-state index contributed by atoms with van der Waals surface area (Å²) in [4.78, 5) is 24.5. The molecule has 120 valence electrons. The first-order chi connectivity index (χ1) is 11.5. The van der Waals surface area contributed by atoms with Crippen LogP contribution in [0.3, 0.4) is 0 Å². The summed E-state index contributed by atoms with van der Waals surface area (Å²) >= 11 is 6.05. The van der Waals surface area contributed by atoms with E-state index in [1.165, 1.54) is 23.1 Å². The number of amides is 1. The van der Waals surface area contributed by atoms with Gasteiger partial charge in [-0.3, -0.25) is 14.9 Å². The number of hydrogen-bond acceptors (Lipinski definition) is 3. The van der Waals surface area contributed by atoms with E-state index in [4.69, 9.17) is 11.6 Å². The molecular formula is C18H13ClN2O3. The second-order valence-corrected chi connectivity index (χ2v) is 5.72. The first-order valence-electron chi connectivity index (χ1n) is 7.18. The van der Waals surface area contributed by atoms with E-state index in [0.717, 1.165) is 10.8 Å². The summed E-state index contributed by atoms with van der Waals surface area (Å²) in [7, 11) is 1.61. The number of nitro groups is 1. The maximum Gasteiger partial charge on any atom is 0.270 e. The van der Waals surface area contributed by atoms with E-state index < -0.39 is 10.8 Å². The number of non-ortho nitro benzene ring substituents is 1. The fraction of sp³-hybridized carbons (Fsp3) is 0.0556. The molecule has 6 heteroatoms. The molecule has 5 nitrogen and oxygen atoms in total. The number of hydrogen-bond donors (Lipinski definition) is 0. The van der Waals surface area contributed by atoms with E-state index >= 15 is 0 Å². The third-order valence-corrected chi connectivity index (χ3v) is 4.15. The van der Waals surface area contributed by atoms with Crippen LogP contribution in [0.2, 0.25) is 5.02 Å². The van der Waals surface area contributed by atoms with Crippen LogP contribution in [-0.2, 0) is 0 Å². The largest absolute Gasteiger partial charge is 0.311 e. The van der Waals surface area contributed by atoms with E-state index in [-0.39, 0.29) is 16.3 Å². The van der Waals surface area contributed by atoms with Gasteiger partial charge in [-0.2, -0.15) is 0 Å². The lowest BCUT2D eigenvalue weighted by Gasteiger charge is -2.18. The summed E-state index contributed by atoms with van der Waals surface area (Å²) in [6.07, 6.45) is 0. The highest BCUT2D eigenvalue weighted by atomic mass is 35.5. The number of rotatable bonds is 3. The molecule has 0 aliphatic heterocycles. The maximum absolute atomic E-state index is 12.7. The van der Waals surface area contributed by atoms with Crippen LogP contribution in [0.5, 0.6) is 0 Å². The number of carbonyl (C=O) groups is 1. The highest BCUT2D eigenvalue weighted by Gasteiger charge is 2.20. The van der Waals surface area contributed by atoms with Crippen molar-refractivity contribution in [2.24, 2.45) is 0 Å². The van der Waals surface area contributed by atoms with Crippen LogP contribution in [0.4, 0.5) is 11.4 Å². The van der Waals surface area contributed by atoms with Crippen molar-refractivity contribution >= 4 is 39.7 Å². The van der Waals surface area contributed by atoms with Gasteiger partial charge in [0.15, 0.2) is 0 Å². The van der Waals surface area contributed by atoms with Crippen LogP contribution in [0.15, 0.2) is 60.7 Å². The van der Waals surface area contributed by atoms with Crippen molar-refractivity contribution in [1.29, 1.82) is 0 Å². The molecule has 24 heavy (non-hydrogen) atoms. The normalized spacial score (nSPS) is 10.6. The molecule has 0 spiro atoms. The van der Waals surface area contributed by atoms with Gasteiger partial charge >= 0.3 is 0 Å². The van der Waals surface area contributed by atoms with Crippen molar-refractivity contribution < 1.29 is 9.72 Å². The number of carbonyl (C=O) groups excluding carboxylic acids is 1. The monoisotopic (exact) mass is 340 g/mol. The van der Waals surface area contributed by atoms with Gasteiger partial charge in [0.2, 0.25) is 0 Å². The van der Waals surface area contributed by atoms with Gasteiger partial charge in [0.25, 0.3) is 11.6 Å². The number of anilines is 1.